The molecule has 1 nitrogen and oxygen atoms in total. The van der Waals surface area contributed by atoms with Crippen molar-refractivity contribution in [3.05, 3.63) is 23.5 Å². The molecule has 0 aliphatic heterocycles. The molecule has 0 N–H and O–H groups in total. The van der Waals surface area contributed by atoms with Gasteiger partial charge in [-0.2, -0.15) is 0 Å². The van der Waals surface area contributed by atoms with Gasteiger partial charge in [0.15, 0.2) is 0 Å². The number of hydrogen-bond donors (Lipinski definition) is 0. The van der Waals surface area contributed by atoms with E-state index in [1.807, 2.05) is 6.07 Å². The molecule has 1 rings (SSSR count). The van der Waals surface area contributed by atoms with Gasteiger partial charge in [0.2, 0.25) is 0 Å². The molecule has 1 aromatic rings. The normalized spacial score (nSPS) is 11.6. The van der Waals surface area contributed by atoms with Crippen LogP contribution in [0.1, 0.15) is 0 Å². The van der Waals surface area contributed by atoms with E-state index < -0.39 is 18.4 Å². The Hall–Kier alpha value is 0.239. The van der Waals surface area contributed by atoms with E-state index in [9.17, 15) is 0 Å². The molecule has 0 aliphatic rings. The summed E-state index contributed by atoms with van der Waals surface area (Å²) in [7, 11) is 0. The Morgan fingerprint density at radius 3 is 2.36 bits per heavy atom. The fraction of sp³-hybridized carbons (Fsp3) is 0.375. The Bertz CT molecular complexity index is 255. The minimum absolute atomic E-state index is 0.620. The van der Waals surface area contributed by atoms with E-state index in [1.54, 1.807) is 6.20 Å². The van der Waals surface area contributed by atoms with E-state index in [2.05, 4.69) is 25.9 Å². The monoisotopic (exact) mass is 277 g/mol. The summed E-state index contributed by atoms with van der Waals surface area (Å²) in [5.74, 6) is 0. The summed E-state index contributed by atoms with van der Waals surface area (Å²) in [6, 6.07) is 4.08. The van der Waals surface area contributed by atoms with Crippen LogP contribution in [0.25, 0.3) is 0 Å². The number of aromatic nitrogens is 1. The summed E-state index contributed by atoms with van der Waals surface area (Å²) in [5, 5.41) is 0.620. The third-order valence-corrected chi connectivity index (χ3v) is 7.63. The standard InChI is InChI=1S/C5H3ClN.3CH3.Sn/c6-5-3-1-2-4-7-5;;;;/h2-4H;3*1H3;. The summed E-state index contributed by atoms with van der Waals surface area (Å²) in [5.41, 5.74) is 0. The second-order valence-electron chi connectivity index (χ2n) is 3.62. The van der Waals surface area contributed by atoms with Gasteiger partial charge in [-0.1, -0.05) is 0 Å². The zero-order valence-electron chi connectivity index (χ0n) is 7.06. The first kappa shape index (κ1) is 9.33. The van der Waals surface area contributed by atoms with Crippen LogP contribution in [0.15, 0.2) is 18.3 Å². The van der Waals surface area contributed by atoms with Gasteiger partial charge in [0.05, 0.1) is 0 Å². The molecule has 1 heterocycles. The van der Waals surface area contributed by atoms with Gasteiger partial charge >= 0.3 is 76.8 Å². The van der Waals surface area contributed by atoms with Gasteiger partial charge in [-0.3, -0.25) is 0 Å². The molecule has 0 aromatic carbocycles. The molecular formula is C8H12ClNSn. The van der Waals surface area contributed by atoms with Crippen molar-refractivity contribution in [1.82, 2.24) is 4.98 Å². The molecular weight excluding hydrogens is 264 g/mol. The molecule has 0 amide bonds. The zero-order chi connectivity index (χ0) is 8.48. The molecule has 0 radical (unpaired) electrons. The van der Waals surface area contributed by atoms with E-state index in [0.29, 0.717) is 5.15 Å². The van der Waals surface area contributed by atoms with Gasteiger partial charge in [-0.25, -0.2) is 0 Å². The van der Waals surface area contributed by atoms with Crippen molar-refractivity contribution in [2.24, 2.45) is 0 Å². The van der Waals surface area contributed by atoms with Crippen LogP contribution < -0.4 is 3.58 Å². The van der Waals surface area contributed by atoms with Crippen LogP contribution in [0.5, 0.6) is 0 Å². The van der Waals surface area contributed by atoms with Crippen LogP contribution in [0, 0.1) is 0 Å². The maximum atomic E-state index is 5.77. The molecule has 11 heavy (non-hydrogen) atoms. The second kappa shape index (κ2) is 3.31. The van der Waals surface area contributed by atoms with Crippen molar-refractivity contribution in [2.45, 2.75) is 14.8 Å². The van der Waals surface area contributed by atoms with Crippen molar-refractivity contribution < 1.29 is 0 Å². The molecule has 1 aromatic heterocycles. The van der Waals surface area contributed by atoms with Crippen molar-refractivity contribution in [1.29, 1.82) is 0 Å². The SMILES string of the molecule is [CH3][Sn]([CH3])([CH3])[c]1ccnc(Cl)c1. The molecule has 0 spiro atoms. The van der Waals surface area contributed by atoms with Gasteiger partial charge in [0, 0.05) is 0 Å². The number of nitrogens with zero attached hydrogens (tertiary/aromatic N) is 1. The topological polar surface area (TPSA) is 12.9 Å². The van der Waals surface area contributed by atoms with E-state index in [1.165, 1.54) is 3.58 Å². The Labute approximate surface area is 76.7 Å². The maximum absolute atomic E-state index is 5.77. The van der Waals surface area contributed by atoms with Gasteiger partial charge in [-0.15, -0.1) is 0 Å². The van der Waals surface area contributed by atoms with E-state index in [0.717, 1.165) is 0 Å². The van der Waals surface area contributed by atoms with Crippen molar-refractivity contribution in [3.8, 4) is 0 Å². The second-order valence-corrected chi connectivity index (χ2v) is 18.5. The van der Waals surface area contributed by atoms with Gasteiger partial charge < -0.3 is 0 Å². The first-order chi connectivity index (χ1) is 5.00. The third kappa shape index (κ3) is 2.64. The Morgan fingerprint density at radius 2 is 2.00 bits per heavy atom. The molecule has 0 fully saturated rings. The number of pyridine rings is 1. The average molecular weight is 276 g/mol. The van der Waals surface area contributed by atoms with Crippen LogP contribution in [0.3, 0.4) is 0 Å². The number of rotatable bonds is 1. The quantitative estimate of drug-likeness (QED) is 0.566. The number of hydrogen-bond acceptors (Lipinski definition) is 1. The predicted octanol–water partition coefficient (Wildman–Crippen LogP) is 2.28. The van der Waals surface area contributed by atoms with Gasteiger partial charge in [-0.05, 0) is 0 Å². The fourth-order valence-electron chi connectivity index (χ4n) is 0.869. The molecule has 0 unspecified atom stereocenters. The molecule has 0 saturated carbocycles. The first-order valence-electron chi connectivity index (χ1n) is 3.62. The van der Waals surface area contributed by atoms with Crippen molar-refractivity contribution >= 4 is 33.6 Å². The molecule has 0 saturated heterocycles. The molecule has 0 aliphatic carbocycles. The van der Waals surface area contributed by atoms with E-state index in [4.69, 9.17) is 11.6 Å². The summed E-state index contributed by atoms with van der Waals surface area (Å²) in [6.45, 7) is 0. The Kier molecular flexibility index (Phi) is 2.81. The van der Waals surface area contributed by atoms with Crippen molar-refractivity contribution in [2.75, 3.05) is 0 Å². The van der Waals surface area contributed by atoms with Crippen LogP contribution in [-0.4, -0.2) is 23.4 Å². The number of halogens is 1. The molecule has 0 bridgehead atoms. The summed E-state index contributed by atoms with van der Waals surface area (Å²) < 4.78 is 1.43. The summed E-state index contributed by atoms with van der Waals surface area (Å²) in [6.07, 6.45) is 1.79. The van der Waals surface area contributed by atoms with Crippen LogP contribution >= 0.6 is 11.6 Å². The average Bonchev–Trinajstić information content (AvgIpc) is 1.86. The molecule has 3 heteroatoms. The third-order valence-electron chi connectivity index (χ3n) is 1.59. The van der Waals surface area contributed by atoms with Crippen LogP contribution in [0.4, 0.5) is 0 Å². The fourth-order valence-corrected chi connectivity index (χ4v) is 4.57. The van der Waals surface area contributed by atoms with Gasteiger partial charge in [0.1, 0.15) is 0 Å². The minimum atomic E-state index is -1.88. The molecule has 60 valence electrons. The summed E-state index contributed by atoms with van der Waals surface area (Å²) >= 11 is 3.89. The zero-order valence-corrected chi connectivity index (χ0v) is 10.7. The first-order valence-corrected chi connectivity index (χ1v) is 14.0. The molecule has 0 atom stereocenters. The van der Waals surface area contributed by atoms with Gasteiger partial charge in [0.25, 0.3) is 0 Å². The summed E-state index contributed by atoms with van der Waals surface area (Å²) in [4.78, 5) is 11.0. The van der Waals surface area contributed by atoms with E-state index in [-0.39, 0.29) is 0 Å². The Morgan fingerprint density at radius 1 is 1.36 bits per heavy atom. The van der Waals surface area contributed by atoms with Crippen molar-refractivity contribution in [3.63, 3.8) is 0 Å². The van der Waals surface area contributed by atoms with E-state index >= 15 is 0 Å². The predicted molar refractivity (Wildman–Crippen MR) is 52.2 cm³/mol. The van der Waals surface area contributed by atoms with Crippen LogP contribution in [0.2, 0.25) is 20.0 Å². The van der Waals surface area contributed by atoms with Crippen LogP contribution in [-0.2, 0) is 0 Å². The Balaban J connectivity index is 3.06.